The summed E-state index contributed by atoms with van der Waals surface area (Å²) in [7, 11) is 1.67. The first-order valence-corrected chi connectivity index (χ1v) is 6.58. The molecule has 2 heteroatoms. The van der Waals surface area contributed by atoms with Crippen molar-refractivity contribution < 1.29 is 9.47 Å². The van der Waals surface area contributed by atoms with Crippen molar-refractivity contribution in [2.24, 2.45) is 0 Å². The van der Waals surface area contributed by atoms with Crippen molar-refractivity contribution in [3.63, 3.8) is 0 Å². The van der Waals surface area contributed by atoms with Gasteiger partial charge in [-0.2, -0.15) is 0 Å². The molecular weight excluding hydrogens is 236 g/mol. The zero-order valence-corrected chi connectivity index (χ0v) is 11.3. The lowest BCUT2D eigenvalue weighted by Crippen LogP contribution is -2.12. The zero-order chi connectivity index (χ0) is 13.3. The minimum absolute atomic E-state index is 0.154. The van der Waals surface area contributed by atoms with E-state index in [4.69, 9.17) is 9.47 Å². The van der Waals surface area contributed by atoms with Crippen LogP contribution in [0.2, 0.25) is 0 Å². The van der Waals surface area contributed by atoms with Crippen LogP contribution in [0.25, 0.3) is 0 Å². The van der Waals surface area contributed by atoms with Crippen LogP contribution in [0.5, 0.6) is 11.5 Å². The molecule has 0 saturated heterocycles. The Morgan fingerprint density at radius 2 is 1.58 bits per heavy atom. The van der Waals surface area contributed by atoms with Crippen LogP contribution in [0.4, 0.5) is 0 Å². The fourth-order valence-electron chi connectivity index (χ4n) is 2.44. The summed E-state index contributed by atoms with van der Waals surface area (Å²) in [5.41, 5.74) is 1.51. The molecule has 2 aromatic carbocycles. The summed E-state index contributed by atoms with van der Waals surface area (Å²) >= 11 is 0. The molecule has 0 N–H and O–H groups in total. The van der Waals surface area contributed by atoms with Crippen LogP contribution in [0.3, 0.4) is 0 Å². The maximum absolute atomic E-state index is 6.04. The van der Waals surface area contributed by atoms with Gasteiger partial charge in [0.25, 0.3) is 0 Å². The van der Waals surface area contributed by atoms with E-state index in [-0.39, 0.29) is 11.5 Å². The third kappa shape index (κ3) is 2.30. The Labute approximate surface area is 114 Å². The lowest BCUT2D eigenvalue weighted by atomic mass is 9.98. The minimum Gasteiger partial charge on any atom is -0.497 e. The summed E-state index contributed by atoms with van der Waals surface area (Å²) in [5, 5.41) is 0. The molecule has 0 aromatic heterocycles. The SMILES string of the molecule is COc1ccc(O[C@H]2C[C@]2(C)c2ccccc2)cc1. The smallest absolute Gasteiger partial charge is 0.120 e. The molecule has 98 valence electrons. The highest BCUT2D eigenvalue weighted by atomic mass is 16.5. The molecule has 3 rings (SSSR count). The summed E-state index contributed by atoms with van der Waals surface area (Å²) < 4.78 is 11.2. The van der Waals surface area contributed by atoms with Crippen molar-refractivity contribution in [3.05, 3.63) is 60.2 Å². The number of rotatable bonds is 4. The van der Waals surface area contributed by atoms with Gasteiger partial charge in [0.2, 0.25) is 0 Å². The Kier molecular flexibility index (Phi) is 2.94. The summed E-state index contributed by atoms with van der Waals surface area (Å²) in [4.78, 5) is 0. The molecule has 0 radical (unpaired) electrons. The van der Waals surface area contributed by atoms with Gasteiger partial charge in [0.15, 0.2) is 0 Å². The van der Waals surface area contributed by atoms with Crippen LogP contribution in [0.1, 0.15) is 18.9 Å². The van der Waals surface area contributed by atoms with Gasteiger partial charge in [-0.15, -0.1) is 0 Å². The highest BCUT2D eigenvalue weighted by Gasteiger charge is 2.53. The van der Waals surface area contributed by atoms with E-state index in [1.54, 1.807) is 7.11 Å². The molecule has 0 spiro atoms. The normalized spacial score (nSPS) is 24.8. The van der Waals surface area contributed by atoms with Gasteiger partial charge in [0, 0.05) is 5.41 Å². The van der Waals surface area contributed by atoms with Gasteiger partial charge in [-0.3, -0.25) is 0 Å². The summed E-state index contributed by atoms with van der Waals surface area (Å²) in [6.45, 7) is 2.26. The number of hydrogen-bond donors (Lipinski definition) is 0. The molecule has 0 bridgehead atoms. The van der Waals surface area contributed by atoms with Crippen LogP contribution in [-0.2, 0) is 5.41 Å². The monoisotopic (exact) mass is 254 g/mol. The average Bonchev–Trinajstić information content (AvgIpc) is 3.12. The first-order valence-electron chi connectivity index (χ1n) is 6.58. The topological polar surface area (TPSA) is 18.5 Å². The summed E-state index contributed by atoms with van der Waals surface area (Å²) in [6, 6.07) is 18.4. The van der Waals surface area contributed by atoms with E-state index in [9.17, 15) is 0 Å². The molecule has 0 aliphatic heterocycles. The Balaban J connectivity index is 1.69. The van der Waals surface area contributed by atoms with Crippen molar-refractivity contribution in [1.82, 2.24) is 0 Å². The van der Waals surface area contributed by atoms with Gasteiger partial charge in [-0.05, 0) is 36.2 Å². The maximum atomic E-state index is 6.04. The van der Waals surface area contributed by atoms with Crippen LogP contribution >= 0.6 is 0 Å². The number of methoxy groups -OCH3 is 1. The molecule has 1 fully saturated rings. The van der Waals surface area contributed by atoms with Crippen molar-refractivity contribution in [2.75, 3.05) is 7.11 Å². The second-order valence-electron chi connectivity index (χ2n) is 5.27. The van der Waals surface area contributed by atoms with Crippen LogP contribution in [0, 0.1) is 0 Å². The van der Waals surface area contributed by atoms with Gasteiger partial charge in [-0.25, -0.2) is 0 Å². The van der Waals surface area contributed by atoms with Gasteiger partial charge in [0.1, 0.15) is 17.6 Å². The molecule has 2 atom stereocenters. The predicted octanol–water partition coefficient (Wildman–Crippen LogP) is 3.80. The maximum Gasteiger partial charge on any atom is 0.120 e. The van der Waals surface area contributed by atoms with Crippen LogP contribution < -0.4 is 9.47 Å². The third-order valence-corrected chi connectivity index (χ3v) is 3.93. The van der Waals surface area contributed by atoms with E-state index in [2.05, 4.69) is 37.3 Å². The fourth-order valence-corrected chi connectivity index (χ4v) is 2.44. The molecule has 1 aliphatic carbocycles. The van der Waals surface area contributed by atoms with Gasteiger partial charge in [-0.1, -0.05) is 37.3 Å². The van der Waals surface area contributed by atoms with Crippen molar-refractivity contribution in [3.8, 4) is 11.5 Å². The Morgan fingerprint density at radius 3 is 2.21 bits per heavy atom. The zero-order valence-electron chi connectivity index (χ0n) is 11.3. The van der Waals surface area contributed by atoms with E-state index in [0.717, 1.165) is 17.9 Å². The van der Waals surface area contributed by atoms with Gasteiger partial charge < -0.3 is 9.47 Å². The molecule has 1 saturated carbocycles. The second kappa shape index (κ2) is 4.61. The Morgan fingerprint density at radius 1 is 0.947 bits per heavy atom. The first kappa shape index (κ1) is 12.1. The molecule has 0 unspecified atom stereocenters. The molecular formula is C17H18O2. The average molecular weight is 254 g/mol. The third-order valence-electron chi connectivity index (χ3n) is 3.93. The second-order valence-corrected chi connectivity index (χ2v) is 5.27. The highest BCUT2D eigenvalue weighted by Crippen LogP contribution is 2.50. The lowest BCUT2D eigenvalue weighted by Gasteiger charge is -2.13. The van der Waals surface area contributed by atoms with Gasteiger partial charge >= 0.3 is 0 Å². The fraction of sp³-hybridized carbons (Fsp3) is 0.294. The van der Waals surface area contributed by atoms with Crippen molar-refractivity contribution in [2.45, 2.75) is 24.9 Å². The summed E-state index contributed by atoms with van der Waals surface area (Å²) in [6.07, 6.45) is 1.34. The molecule has 1 aliphatic rings. The van der Waals surface area contributed by atoms with Crippen molar-refractivity contribution >= 4 is 0 Å². The molecule has 19 heavy (non-hydrogen) atoms. The first-order chi connectivity index (χ1) is 9.22. The predicted molar refractivity (Wildman–Crippen MR) is 75.8 cm³/mol. The van der Waals surface area contributed by atoms with E-state index in [1.165, 1.54) is 5.56 Å². The molecule has 2 aromatic rings. The van der Waals surface area contributed by atoms with Crippen LogP contribution in [0.15, 0.2) is 54.6 Å². The molecule has 0 amide bonds. The molecule has 0 heterocycles. The quantitative estimate of drug-likeness (QED) is 0.826. The standard InChI is InChI=1S/C17H18O2/c1-17(13-6-4-3-5-7-13)12-16(17)19-15-10-8-14(18-2)9-11-15/h3-11,16H,12H2,1-2H3/t16-,17+/m0/s1. The highest BCUT2D eigenvalue weighted by molar-refractivity contribution is 5.37. The van der Waals surface area contributed by atoms with E-state index in [1.807, 2.05) is 24.3 Å². The van der Waals surface area contributed by atoms with Crippen LogP contribution in [-0.4, -0.2) is 13.2 Å². The van der Waals surface area contributed by atoms with E-state index in [0.29, 0.717) is 0 Å². The lowest BCUT2D eigenvalue weighted by molar-refractivity contribution is 0.276. The number of ether oxygens (including phenoxy) is 2. The largest absolute Gasteiger partial charge is 0.497 e. The Bertz CT molecular complexity index is 547. The number of hydrogen-bond acceptors (Lipinski definition) is 2. The minimum atomic E-state index is 0.154. The van der Waals surface area contributed by atoms with Gasteiger partial charge in [0.05, 0.1) is 7.11 Å². The Hall–Kier alpha value is -1.96. The van der Waals surface area contributed by atoms with E-state index >= 15 is 0 Å². The van der Waals surface area contributed by atoms with E-state index < -0.39 is 0 Å². The van der Waals surface area contributed by atoms with Crippen molar-refractivity contribution in [1.29, 1.82) is 0 Å². The number of benzene rings is 2. The summed E-state index contributed by atoms with van der Waals surface area (Å²) in [5.74, 6) is 1.76. The molecule has 2 nitrogen and oxygen atoms in total.